The molecule has 1 rings (SSSR count). The van der Waals surface area contributed by atoms with E-state index in [4.69, 9.17) is 9.47 Å². The quantitative estimate of drug-likeness (QED) is 0.320. The molecule has 0 bridgehead atoms. The third-order valence-electron chi connectivity index (χ3n) is 3.45. The Kier molecular flexibility index (Phi) is 5.58. The van der Waals surface area contributed by atoms with Gasteiger partial charge in [0.25, 0.3) is 5.79 Å². The second-order valence-electron chi connectivity index (χ2n) is 5.16. The van der Waals surface area contributed by atoms with Crippen molar-refractivity contribution >= 4 is 11.9 Å². The van der Waals surface area contributed by atoms with Gasteiger partial charge in [-0.05, 0) is 26.2 Å². The predicted octanol–water partition coefficient (Wildman–Crippen LogP) is 3.50. The molecule has 0 radical (unpaired) electrons. The van der Waals surface area contributed by atoms with Crippen LogP contribution in [0, 0.1) is 0 Å². The van der Waals surface area contributed by atoms with Gasteiger partial charge in [0, 0.05) is 25.8 Å². The fraction of sp³-hybridized carbons (Fsp3) is 0.733. The van der Waals surface area contributed by atoms with Crippen molar-refractivity contribution in [2.45, 2.75) is 72.0 Å². The minimum Gasteiger partial charge on any atom is -0.418 e. The Balaban J connectivity index is 2.93. The summed E-state index contributed by atoms with van der Waals surface area (Å²) in [6, 6.07) is 0. The highest BCUT2D eigenvalue weighted by Crippen LogP contribution is 2.42. The average Bonchev–Trinajstić information content (AvgIpc) is 2.56. The van der Waals surface area contributed by atoms with Crippen LogP contribution in [-0.2, 0) is 19.1 Å². The molecule has 0 atom stereocenters. The van der Waals surface area contributed by atoms with Gasteiger partial charge in [0.2, 0.25) is 0 Å². The van der Waals surface area contributed by atoms with E-state index in [2.05, 4.69) is 6.92 Å². The molecule has 0 fully saturated rings. The van der Waals surface area contributed by atoms with Gasteiger partial charge in [-0.25, -0.2) is 0 Å². The highest BCUT2D eigenvalue weighted by molar-refractivity contribution is 5.70. The molecule has 0 aromatic rings. The summed E-state index contributed by atoms with van der Waals surface area (Å²) in [6.07, 6.45) is 5.43. The molecule has 1 aliphatic carbocycles. The zero-order chi connectivity index (χ0) is 14.5. The van der Waals surface area contributed by atoms with Crippen molar-refractivity contribution in [3.05, 3.63) is 11.1 Å². The van der Waals surface area contributed by atoms with E-state index in [1.165, 1.54) is 19.4 Å². The first-order valence-corrected chi connectivity index (χ1v) is 6.99. The second kappa shape index (κ2) is 6.73. The molecule has 4 nitrogen and oxygen atoms in total. The van der Waals surface area contributed by atoms with Crippen LogP contribution in [0.1, 0.15) is 66.2 Å². The van der Waals surface area contributed by atoms with Crippen LogP contribution in [0.4, 0.5) is 0 Å². The summed E-state index contributed by atoms with van der Waals surface area (Å²) in [7, 11) is 0. The van der Waals surface area contributed by atoms with E-state index in [0.29, 0.717) is 6.42 Å². The van der Waals surface area contributed by atoms with Crippen LogP contribution < -0.4 is 0 Å². The first kappa shape index (κ1) is 15.7. The lowest BCUT2D eigenvalue weighted by molar-refractivity contribution is -0.212. The fourth-order valence-electron chi connectivity index (χ4n) is 2.65. The van der Waals surface area contributed by atoms with Gasteiger partial charge < -0.3 is 9.47 Å². The van der Waals surface area contributed by atoms with Gasteiger partial charge in [0.15, 0.2) is 0 Å². The number of hydrogen-bond acceptors (Lipinski definition) is 4. The molecule has 0 saturated heterocycles. The first-order valence-electron chi connectivity index (χ1n) is 6.99. The van der Waals surface area contributed by atoms with Crippen LogP contribution in [0.5, 0.6) is 0 Å². The number of allylic oxidation sites excluding steroid dienone is 1. The average molecular weight is 268 g/mol. The zero-order valence-electron chi connectivity index (χ0n) is 12.4. The summed E-state index contributed by atoms with van der Waals surface area (Å²) in [5.74, 6) is -1.97. The molecule has 0 unspecified atom stereocenters. The Morgan fingerprint density at radius 1 is 1.16 bits per heavy atom. The molecular formula is C15H24O4. The van der Waals surface area contributed by atoms with E-state index in [0.717, 1.165) is 37.7 Å². The molecule has 0 aromatic carbocycles. The van der Waals surface area contributed by atoms with Gasteiger partial charge >= 0.3 is 11.9 Å². The molecule has 4 heteroatoms. The number of ether oxygens (including phenoxy) is 2. The largest absolute Gasteiger partial charge is 0.418 e. The summed E-state index contributed by atoms with van der Waals surface area (Å²) < 4.78 is 10.8. The summed E-state index contributed by atoms with van der Waals surface area (Å²) in [4.78, 5) is 22.7. The molecule has 0 spiro atoms. The number of unbranched alkanes of at least 4 members (excludes halogenated alkanes) is 2. The van der Waals surface area contributed by atoms with Crippen molar-refractivity contribution in [3.8, 4) is 0 Å². The van der Waals surface area contributed by atoms with E-state index in [-0.39, 0.29) is 0 Å². The number of esters is 2. The lowest BCUT2D eigenvalue weighted by Crippen LogP contribution is -2.39. The van der Waals surface area contributed by atoms with Gasteiger partial charge in [-0.3, -0.25) is 9.59 Å². The van der Waals surface area contributed by atoms with Crippen molar-refractivity contribution in [2.24, 2.45) is 0 Å². The lowest BCUT2D eigenvalue weighted by atomic mass is 10.00. The first-order chi connectivity index (χ1) is 8.91. The fourth-order valence-corrected chi connectivity index (χ4v) is 2.65. The number of hydrogen-bond donors (Lipinski definition) is 0. The van der Waals surface area contributed by atoms with E-state index in [1.54, 1.807) is 0 Å². The highest BCUT2D eigenvalue weighted by atomic mass is 16.7. The third-order valence-corrected chi connectivity index (χ3v) is 3.45. The molecule has 1 aliphatic rings. The van der Waals surface area contributed by atoms with E-state index >= 15 is 0 Å². The smallest absolute Gasteiger partial charge is 0.306 e. The number of carbonyl (C=O) groups excluding carboxylic acids is 2. The van der Waals surface area contributed by atoms with Gasteiger partial charge in [-0.1, -0.05) is 25.3 Å². The van der Waals surface area contributed by atoms with Crippen LogP contribution >= 0.6 is 0 Å². The maximum Gasteiger partial charge on any atom is 0.306 e. The van der Waals surface area contributed by atoms with Crippen LogP contribution in [0.25, 0.3) is 0 Å². The van der Waals surface area contributed by atoms with Gasteiger partial charge in [-0.2, -0.15) is 0 Å². The minimum atomic E-state index is -1.14. The lowest BCUT2D eigenvalue weighted by Gasteiger charge is -2.31. The molecule has 0 amide bonds. The summed E-state index contributed by atoms with van der Waals surface area (Å²) >= 11 is 0. The molecule has 0 heterocycles. The summed E-state index contributed by atoms with van der Waals surface area (Å²) in [5, 5.41) is 0. The normalized spacial score (nSPS) is 17.5. The molecule has 108 valence electrons. The van der Waals surface area contributed by atoms with Crippen molar-refractivity contribution < 1.29 is 19.1 Å². The third kappa shape index (κ3) is 4.08. The molecule has 19 heavy (non-hydrogen) atoms. The highest BCUT2D eigenvalue weighted by Gasteiger charge is 2.45. The maximum atomic E-state index is 11.3. The van der Waals surface area contributed by atoms with E-state index < -0.39 is 17.7 Å². The Hall–Kier alpha value is -1.32. The summed E-state index contributed by atoms with van der Waals surface area (Å²) in [6.45, 7) is 6.86. The van der Waals surface area contributed by atoms with Crippen LogP contribution in [0.15, 0.2) is 11.1 Å². The van der Waals surface area contributed by atoms with Crippen molar-refractivity contribution in [2.75, 3.05) is 0 Å². The molecule has 0 aromatic heterocycles. The molecular weight excluding hydrogens is 244 g/mol. The van der Waals surface area contributed by atoms with Crippen LogP contribution in [0.2, 0.25) is 0 Å². The van der Waals surface area contributed by atoms with Crippen molar-refractivity contribution in [1.82, 2.24) is 0 Å². The number of carbonyl (C=O) groups is 2. The second-order valence-corrected chi connectivity index (χ2v) is 5.16. The van der Waals surface area contributed by atoms with Crippen molar-refractivity contribution in [1.29, 1.82) is 0 Å². The Morgan fingerprint density at radius 2 is 1.74 bits per heavy atom. The maximum absolute atomic E-state index is 11.3. The van der Waals surface area contributed by atoms with Gasteiger partial charge in [0.1, 0.15) is 0 Å². The van der Waals surface area contributed by atoms with E-state index in [9.17, 15) is 9.59 Å². The SMILES string of the molecule is CCCCCC1=C(C)CCC1(OC(C)=O)OC(C)=O. The topological polar surface area (TPSA) is 52.6 Å². The van der Waals surface area contributed by atoms with E-state index in [1.807, 2.05) is 6.92 Å². The number of rotatable bonds is 6. The Morgan fingerprint density at radius 3 is 2.21 bits per heavy atom. The van der Waals surface area contributed by atoms with Crippen LogP contribution in [0.3, 0.4) is 0 Å². The van der Waals surface area contributed by atoms with Gasteiger partial charge in [-0.15, -0.1) is 0 Å². The Bertz CT molecular complexity index is 366. The van der Waals surface area contributed by atoms with Gasteiger partial charge in [0.05, 0.1) is 0 Å². The monoisotopic (exact) mass is 268 g/mol. The Labute approximate surface area is 115 Å². The van der Waals surface area contributed by atoms with Crippen molar-refractivity contribution in [3.63, 3.8) is 0 Å². The molecule has 0 N–H and O–H groups in total. The zero-order valence-corrected chi connectivity index (χ0v) is 12.4. The molecule has 0 saturated carbocycles. The summed E-state index contributed by atoms with van der Waals surface area (Å²) in [5.41, 5.74) is 2.16. The molecule has 0 aliphatic heterocycles. The minimum absolute atomic E-state index is 0.413. The van der Waals surface area contributed by atoms with Crippen LogP contribution in [-0.4, -0.2) is 17.7 Å². The predicted molar refractivity (Wildman–Crippen MR) is 72.3 cm³/mol. The standard InChI is InChI=1S/C15H24O4/c1-5-6-7-8-14-11(2)9-10-15(14,18-12(3)16)19-13(4)17/h5-10H2,1-4H3.